The first-order valence-electron chi connectivity index (χ1n) is 0.851. The quantitative estimate of drug-likeness (QED) is 0.500. The Kier molecular flexibility index (Phi) is 5.90. The summed E-state index contributed by atoms with van der Waals surface area (Å²) in [7, 11) is 21.0. The van der Waals surface area contributed by atoms with Gasteiger partial charge in [0, 0.05) is 0 Å². The van der Waals surface area contributed by atoms with Crippen molar-refractivity contribution >= 4 is 48.5 Å². The molecule has 0 heterocycles. The number of nitrogens with zero attached hydrogens (tertiary/aromatic N) is 1. The second kappa shape index (κ2) is 3.80. The summed E-state index contributed by atoms with van der Waals surface area (Å²) < 4.78 is 7.25. The molecule has 0 unspecified atom stereocenters. The Bertz CT molecular complexity index is 70.6. The first-order chi connectivity index (χ1) is 3.24. The molecule has 0 saturated carbocycles. The minimum absolute atomic E-state index is 4.11. The van der Waals surface area contributed by atoms with E-state index in [1.165, 1.54) is 0 Å². The summed E-state index contributed by atoms with van der Waals surface area (Å²) in [5.41, 5.74) is 5.75. The van der Waals surface area contributed by atoms with E-state index in [0.29, 0.717) is 0 Å². The van der Waals surface area contributed by atoms with Crippen molar-refractivity contribution in [3.05, 3.63) is 0 Å². The van der Waals surface area contributed by atoms with Gasteiger partial charge in [-0.1, -0.05) is 0 Å². The zero-order chi connectivity index (χ0) is 7.45. The first kappa shape index (κ1) is 12.4. The molecular formula is Cl5NORu+. The van der Waals surface area contributed by atoms with Crippen LogP contribution >= 0.6 is 48.5 Å². The molecule has 0 atom stereocenters. The third-order valence-electron chi connectivity index (χ3n) is 0. The van der Waals surface area contributed by atoms with Gasteiger partial charge in [0.1, 0.15) is 0 Å². The van der Waals surface area contributed by atoms with Gasteiger partial charge in [-0.05, 0) is 0 Å². The van der Waals surface area contributed by atoms with E-state index in [1.54, 1.807) is 0 Å². The molecule has 0 aromatic rings. The van der Waals surface area contributed by atoms with Crippen molar-refractivity contribution in [3.8, 4) is 0 Å². The Morgan fingerprint density at radius 1 is 0.875 bits per heavy atom. The number of halogens is 5. The normalized spacial score (nSPS) is 14.6. The molecule has 2 nitrogen and oxygen atoms in total. The summed E-state index contributed by atoms with van der Waals surface area (Å²) in [5.74, 6) is 0. The molecule has 8 heteroatoms. The minimum atomic E-state index is -4.11. The molecule has 0 aliphatic carbocycles. The molecular weight excluding hydrogens is 308 g/mol. The Hall–Kier alpha value is 1.74. The van der Waals surface area contributed by atoms with Gasteiger partial charge in [-0.25, -0.2) is 0 Å². The average molecular weight is 308 g/mol. The van der Waals surface area contributed by atoms with Crippen molar-refractivity contribution in [2.24, 2.45) is 0 Å². The fraction of sp³-hybridized carbons (Fsp3) is 0. The van der Waals surface area contributed by atoms with Crippen LogP contribution in [0.3, 0.4) is 0 Å². The van der Waals surface area contributed by atoms with E-state index in [0.717, 1.165) is 0 Å². The van der Waals surface area contributed by atoms with Crippen LogP contribution in [-0.4, -0.2) is 0 Å². The molecule has 0 aliphatic heterocycles. The Morgan fingerprint density at radius 3 is 0.875 bits per heavy atom. The van der Waals surface area contributed by atoms with Crippen LogP contribution in [0.4, 0.5) is 0 Å². The Morgan fingerprint density at radius 2 is 0.875 bits per heavy atom. The summed E-state index contributed by atoms with van der Waals surface area (Å²) in [6, 6.07) is 0. The summed E-state index contributed by atoms with van der Waals surface area (Å²) in [6.45, 7) is 0. The molecule has 0 spiro atoms. The molecule has 0 aromatic carbocycles. The standard InChI is InChI=1S/5ClH.NO.Ru/c;;;;;1-2;/h5*1H;;/q;;;;;+1;+5/p-5. The van der Waals surface area contributed by atoms with Crippen molar-refractivity contribution in [2.75, 3.05) is 0 Å². The van der Waals surface area contributed by atoms with Crippen LogP contribution in [0.1, 0.15) is 0 Å². The molecule has 0 amide bonds. The van der Waals surface area contributed by atoms with Crippen LogP contribution in [0.25, 0.3) is 0 Å². The van der Waals surface area contributed by atoms with Gasteiger partial charge < -0.3 is 0 Å². The molecule has 0 N–H and O–H groups in total. The van der Waals surface area contributed by atoms with Crippen LogP contribution in [0.5, 0.6) is 0 Å². The molecule has 8 heavy (non-hydrogen) atoms. The van der Waals surface area contributed by atoms with Gasteiger partial charge >= 0.3 is 67.3 Å². The van der Waals surface area contributed by atoms with Crippen LogP contribution in [0.15, 0.2) is 0 Å². The predicted molar refractivity (Wildman–Crippen MR) is 31.7 cm³/mol. The zero-order valence-corrected chi connectivity index (χ0v) is 8.62. The fourth-order valence-electron chi connectivity index (χ4n) is 0. The fourth-order valence-corrected chi connectivity index (χ4v) is 0. The monoisotopic (exact) mass is 307 g/mol. The Balaban J connectivity index is 0. The van der Waals surface area contributed by atoms with Gasteiger partial charge in [-0.2, -0.15) is 0 Å². The van der Waals surface area contributed by atoms with Crippen molar-refractivity contribution in [1.29, 1.82) is 5.46 Å². The van der Waals surface area contributed by atoms with Gasteiger partial charge in [-0.15, -0.1) is 0 Å². The van der Waals surface area contributed by atoms with Crippen LogP contribution in [0.2, 0.25) is 0 Å². The average Bonchev–Trinajstić information content (AvgIpc) is 1.33. The van der Waals surface area contributed by atoms with Crippen molar-refractivity contribution < 1.29 is 13.4 Å². The van der Waals surface area contributed by atoms with Crippen molar-refractivity contribution in [1.82, 2.24) is 0 Å². The van der Waals surface area contributed by atoms with Gasteiger partial charge in [-0.3, -0.25) is 0 Å². The second-order valence-corrected chi connectivity index (χ2v) is 26.9. The third-order valence-corrected chi connectivity index (χ3v) is 0. The SMILES string of the molecule is N#[O+].[Cl][Ru]([Cl])([Cl])([Cl])[Cl]. The van der Waals surface area contributed by atoms with Crippen LogP contribution in [-0.2, 0) is 13.4 Å². The molecule has 0 radical (unpaired) electrons. The number of hydrogen-bond donors (Lipinski definition) is 0. The number of rotatable bonds is 0. The topological polar surface area (TPSA) is 43.7 Å². The van der Waals surface area contributed by atoms with E-state index < -0.39 is 8.65 Å². The summed E-state index contributed by atoms with van der Waals surface area (Å²) in [6.07, 6.45) is 0. The van der Waals surface area contributed by atoms with Gasteiger partial charge in [0.25, 0.3) is 0 Å². The molecule has 53 valence electrons. The van der Waals surface area contributed by atoms with Gasteiger partial charge in [0.2, 0.25) is 0 Å². The molecule has 0 saturated heterocycles. The summed E-state index contributed by atoms with van der Waals surface area (Å²) in [4.78, 5) is 0. The third kappa shape index (κ3) is 116. The zero-order valence-electron chi connectivity index (χ0n) is 3.10. The first-order valence-corrected chi connectivity index (χ1v) is 12.0. The van der Waals surface area contributed by atoms with Crippen LogP contribution in [0, 0.1) is 5.46 Å². The summed E-state index contributed by atoms with van der Waals surface area (Å²) in [5, 5.41) is 0. The van der Waals surface area contributed by atoms with E-state index in [2.05, 4.69) is 0 Å². The van der Waals surface area contributed by atoms with E-state index in [9.17, 15) is 0 Å². The molecule has 0 rings (SSSR count). The van der Waals surface area contributed by atoms with Gasteiger partial charge in [0.05, 0.1) is 0 Å². The molecule has 0 aromatic heterocycles. The van der Waals surface area contributed by atoms with Crippen molar-refractivity contribution in [3.63, 3.8) is 0 Å². The summed E-state index contributed by atoms with van der Waals surface area (Å²) >= 11 is 0. The van der Waals surface area contributed by atoms with E-state index >= 15 is 0 Å². The van der Waals surface area contributed by atoms with E-state index in [4.69, 9.17) is 58.7 Å². The van der Waals surface area contributed by atoms with E-state index in [1.807, 2.05) is 0 Å². The van der Waals surface area contributed by atoms with E-state index in [-0.39, 0.29) is 0 Å². The Labute approximate surface area is 66.8 Å². The van der Waals surface area contributed by atoms with Crippen LogP contribution < -0.4 is 0 Å². The maximum atomic E-state index is 7.25. The predicted octanol–water partition coefficient (Wildman–Crippen LogP) is 3.34. The van der Waals surface area contributed by atoms with Crippen molar-refractivity contribution in [2.45, 2.75) is 0 Å². The van der Waals surface area contributed by atoms with Gasteiger partial charge in [0.15, 0.2) is 0 Å². The maximum absolute atomic E-state index is 7.25. The molecule has 0 fully saturated rings. The number of hydrogen-bond acceptors (Lipinski definition) is 1. The molecule has 0 aliphatic rings. The molecule has 0 bridgehead atoms. The second-order valence-electron chi connectivity index (χ2n) is 0.505.